The van der Waals surface area contributed by atoms with Gasteiger partial charge in [-0.3, -0.25) is 0 Å². The highest BCUT2D eigenvalue weighted by Crippen LogP contribution is 2.39. The summed E-state index contributed by atoms with van der Waals surface area (Å²) in [4.78, 5) is 2.72. The first-order chi connectivity index (χ1) is 8.67. The lowest BCUT2D eigenvalue weighted by molar-refractivity contribution is 0.0918. The predicted molar refractivity (Wildman–Crippen MR) is 78.6 cm³/mol. The fourth-order valence-corrected chi connectivity index (χ4v) is 3.49. The van der Waals surface area contributed by atoms with Crippen LogP contribution in [0.15, 0.2) is 0 Å². The van der Waals surface area contributed by atoms with E-state index in [0.717, 1.165) is 18.4 Å². The Morgan fingerprint density at radius 1 is 1.17 bits per heavy atom. The smallest absolute Gasteiger partial charge is 0.00502 e. The van der Waals surface area contributed by atoms with Crippen molar-refractivity contribution >= 4 is 0 Å². The second kappa shape index (κ2) is 6.38. The Morgan fingerprint density at radius 2 is 1.83 bits per heavy atom. The fourth-order valence-electron chi connectivity index (χ4n) is 3.49. The summed E-state index contributed by atoms with van der Waals surface area (Å²) in [5.74, 6) is 1.93. The molecule has 0 aromatic rings. The normalized spacial score (nSPS) is 33.0. The van der Waals surface area contributed by atoms with Gasteiger partial charge in [-0.25, -0.2) is 0 Å². The predicted octanol–water partition coefficient (Wildman–Crippen LogP) is 3.26. The minimum absolute atomic E-state index is 0.441. The van der Waals surface area contributed by atoms with Gasteiger partial charge in [0.15, 0.2) is 0 Å². The van der Waals surface area contributed by atoms with E-state index in [9.17, 15) is 0 Å². The molecule has 0 unspecified atom stereocenters. The van der Waals surface area contributed by atoms with Crippen LogP contribution in [0.4, 0.5) is 0 Å². The molecular formula is C16H32N2. The van der Waals surface area contributed by atoms with Gasteiger partial charge >= 0.3 is 0 Å². The highest BCUT2D eigenvalue weighted by atomic mass is 15.1. The molecule has 0 bridgehead atoms. The standard InChI is InChI=1S/C16H32N2/c1-3-10-18(11-15-4-5-15)13-16(12-17)8-6-14(2)7-9-16/h14-15H,3-13,17H2,1-2H3. The Balaban J connectivity index is 1.88. The topological polar surface area (TPSA) is 29.3 Å². The van der Waals surface area contributed by atoms with Crippen LogP contribution >= 0.6 is 0 Å². The molecule has 106 valence electrons. The van der Waals surface area contributed by atoms with Crippen LogP contribution < -0.4 is 5.73 Å². The average molecular weight is 252 g/mol. The molecule has 0 atom stereocenters. The van der Waals surface area contributed by atoms with Crippen molar-refractivity contribution in [2.24, 2.45) is 23.0 Å². The van der Waals surface area contributed by atoms with Crippen molar-refractivity contribution in [3.8, 4) is 0 Å². The Morgan fingerprint density at radius 3 is 2.33 bits per heavy atom. The molecule has 2 saturated carbocycles. The first-order valence-corrected chi connectivity index (χ1v) is 8.10. The lowest BCUT2D eigenvalue weighted by Crippen LogP contribution is -2.45. The van der Waals surface area contributed by atoms with E-state index >= 15 is 0 Å². The molecule has 18 heavy (non-hydrogen) atoms. The van der Waals surface area contributed by atoms with E-state index in [4.69, 9.17) is 5.73 Å². The maximum Gasteiger partial charge on any atom is 0.00502 e. The van der Waals surface area contributed by atoms with E-state index in [1.807, 2.05) is 0 Å². The average Bonchev–Trinajstić information content (AvgIpc) is 3.17. The molecule has 2 rings (SSSR count). The third kappa shape index (κ3) is 3.96. The number of hydrogen-bond donors (Lipinski definition) is 1. The summed E-state index contributed by atoms with van der Waals surface area (Å²) in [6.45, 7) is 9.47. The van der Waals surface area contributed by atoms with Crippen molar-refractivity contribution in [1.29, 1.82) is 0 Å². The molecule has 0 saturated heterocycles. The van der Waals surface area contributed by atoms with E-state index in [1.165, 1.54) is 64.6 Å². The molecular weight excluding hydrogens is 220 g/mol. The molecule has 2 heteroatoms. The van der Waals surface area contributed by atoms with Gasteiger partial charge in [0.1, 0.15) is 0 Å². The first kappa shape index (κ1) is 14.3. The van der Waals surface area contributed by atoms with Crippen molar-refractivity contribution in [2.75, 3.05) is 26.2 Å². The van der Waals surface area contributed by atoms with Crippen molar-refractivity contribution in [2.45, 2.75) is 58.8 Å². The Kier molecular flexibility index (Phi) is 5.08. The lowest BCUT2D eigenvalue weighted by Gasteiger charge is -2.42. The van der Waals surface area contributed by atoms with Gasteiger partial charge < -0.3 is 10.6 Å². The molecule has 0 aromatic carbocycles. The highest BCUT2D eigenvalue weighted by Gasteiger charge is 2.35. The molecule has 0 heterocycles. The highest BCUT2D eigenvalue weighted by molar-refractivity contribution is 4.89. The van der Waals surface area contributed by atoms with Crippen molar-refractivity contribution in [1.82, 2.24) is 4.90 Å². The Labute approximate surface area is 113 Å². The van der Waals surface area contributed by atoms with Crippen LogP contribution in [-0.2, 0) is 0 Å². The van der Waals surface area contributed by atoms with Crippen LogP contribution in [0.5, 0.6) is 0 Å². The van der Waals surface area contributed by atoms with Gasteiger partial charge in [0.2, 0.25) is 0 Å². The van der Waals surface area contributed by atoms with Gasteiger partial charge in [-0.05, 0) is 62.4 Å². The van der Waals surface area contributed by atoms with Gasteiger partial charge in [0.05, 0.1) is 0 Å². The lowest BCUT2D eigenvalue weighted by atomic mass is 9.70. The largest absolute Gasteiger partial charge is 0.330 e. The summed E-state index contributed by atoms with van der Waals surface area (Å²) < 4.78 is 0. The SMILES string of the molecule is CCCN(CC1CC1)CC1(CN)CCC(C)CC1. The number of nitrogens with two attached hydrogens (primary N) is 1. The van der Waals surface area contributed by atoms with Gasteiger partial charge in [-0.15, -0.1) is 0 Å². The molecule has 0 spiro atoms. The number of nitrogens with zero attached hydrogens (tertiary/aromatic N) is 1. The van der Waals surface area contributed by atoms with Gasteiger partial charge in [-0.2, -0.15) is 0 Å². The summed E-state index contributed by atoms with van der Waals surface area (Å²) in [5.41, 5.74) is 6.59. The van der Waals surface area contributed by atoms with E-state index in [2.05, 4.69) is 18.7 Å². The summed E-state index contributed by atoms with van der Waals surface area (Å²) in [5, 5.41) is 0. The summed E-state index contributed by atoms with van der Waals surface area (Å²) >= 11 is 0. The minimum atomic E-state index is 0.441. The third-order valence-electron chi connectivity index (χ3n) is 5.08. The second-order valence-electron chi connectivity index (χ2n) is 7.07. The first-order valence-electron chi connectivity index (χ1n) is 8.10. The van der Waals surface area contributed by atoms with Crippen LogP contribution in [0.2, 0.25) is 0 Å². The molecule has 0 radical (unpaired) electrons. The maximum atomic E-state index is 6.15. The van der Waals surface area contributed by atoms with E-state index in [0.29, 0.717) is 5.41 Å². The molecule has 2 nitrogen and oxygen atoms in total. The molecule has 0 amide bonds. The second-order valence-corrected chi connectivity index (χ2v) is 7.07. The molecule has 2 aliphatic carbocycles. The van der Waals surface area contributed by atoms with Crippen LogP contribution in [0, 0.1) is 17.3 Å². The van der Waals surface area contributed by atoms with E-state index in [-0.39, 0.29) is 0 Å². The van der Waals surface area contributed by atoms with E-state index in [1.54, 1.807) is 0 Å². The van der Waals surface area contributed by atoms with Crippen LogP contribution in [-0.4, -0.2) is 31.1 Å². The van der Waals surface area contributed by atoms with Crippen molar-refractivity contribution in [3.05, 3.63) is 0 Å². The fraction of sp³-hybridized carbons (Fsp3) is 1.00. The zero-order valence-electron chi connectivity index (χ0n) is 12.5. The quantitative estimate of drug-likeness (QED) is 0.753. The maximum absolute atomic E-state index is 6.15. The summed E-state index contributed by atoms with van der Waals surface area (Å²) in [7, 11) is 0. The van der Waals surface area contributed by atoms with Gasteiger partial charge in [-0.1, -0.05) is 26.7 Å². The zero-order chi connectivity index (χ0) is 13.0. The molecule has 2 N–H and O–H groups in total. The number of rotatable bonds is 7. The van der Waals surface area contributed by atoms with Gasteiger partial charge in [0.25, 0.3) is 0 Å². The molecule has 2 aliphatic rings. The summed E-state index contributed by atoms with van der Waals surface area (Å²) in [6, 6.07) is 0. The Bertz CT molecular complexity index is 239. The summed E-state index contributed by atoms with van der Waals surface area (Å²) in [6.07, 6.45) is 9.70. The van der Waals surface area contributed by atoms with Crippen LogP contribution in [0.3, 0.4) is 0 Å². The Hall–Kier alpha value is -0.0800. The van der Waals surface area contributed by atoms with Crippen LogP contribution in [0.25, 0.3) is 0 Å². The van der Waals surface area contributed by atoms with Crippen molar-refractivity contribution in [3.63, 3.8) is 0 Å². The van der Waals surface area contributed by atoms with Crippen LogP contribution in [0.1, 0.15) is 58.8 Å². The van der Waals surface area contributed by atoms with Gasteiger partial charge in [0, 0.05) is 13.1 Å². The molecule has 0 aromatic heterocycles. The number of hydrogen-bond acceptors (Lipinski definition) is 2. The molecule has 0 aliphatic heterocycles. The third-order valence-corrected chi connectivity index (χ3v) is 5.08. The monoisotopic (exact) mass is 252 g/mol. The zero-order valence-corrected chi connectivity index (χ0v) is 12.5. The van der Waals surface area contributed by atoms with Crippen molar-refractivity contribution < 1.29 is 0 Å². The minimum Gasteiger partial charge on any atom is -0.330 e. The van der Waals surface area contributed by atoms with E-state index < -0.39 is 0 Å². The molecule has 2 fully saturated rings.